The van der Waals surface area contributed by atoms with E-state index in [9.17, 15) is 0 Å². The highest BCUT2D eigenvalue weighted by atomic mass is 15.1. The van der Waals surface area contributed by atoms with Crippen LogP contribution in [0.25, 0.3) is 83.0 Å². The monoisotopic (exact) mass is 684 g/mol. The number of hydrogen-bond donors (Lipinski definition) is 0. The van der Waals surface area contributed by atoms with Crippen LogP contribution in [0.4, 0.5) is 0 Å². The van der Waals surface area contributed by atoms with E-state index in [-0.39, 0.29) is 0 Å². The van der Waals surface area contributed by atoms with E-state index >= 15 is 0 Å². The number of para-hydroxylation sites is 1. The predicted octanol–water partition coefficient (Wildman–Crippen LogP) is 13.0. The Morgan fingerprint density at radius 3 is 1.81 bits per heavy atom. The van der Waals surface area contributed by atoms with Crippen LogP contribution in [0.2, 0.25) is 0 Å². The minimum absolute atomic E-state index is 0.438. The molecule has 0 atom stereocenters. The van der Waals surface area contributed by atoms with Crippen LogP contribution in [0.15, 0.2) is 194 Å². The number of hydrogen-bond acceptors (Lipinski definition) is 1. The van der Waals surface area contributed by atoms with Gasteiger partial charge in [-0.15, -0.1) is 0 Å². The van der Waals surface area contributed by atoms with E-state index in [2.05, 4.69) is 199 Å². The third-order valence-electron chi connectivity index (χ3n) is 12.0. The van der Waals surface area contributed by atoms with E-state index in [4.69, 9.17) is 4.98 Å². The lowest BCUT2D eigenvalue weighted by Crippen LogP contribution is -2.28. The van der Waals surface area contributed by atoms with Crippen molar-refractivity contribution in [3.63, 3.8) is 0 Å². The fraction of sp³-hybridized carbons (Fsp3) is 0.0192. The molecule has 12 rings (SSSR count). The Bertz CT molecular complexity index is 3110. The van der Waals surface area contributed by atoms with Crippen LogP contribution in [-0.2, 0) is 5.41 Å². The minimum atomic E-state index is -0.438. The van der Waals surface area contributed by atoms with Crippen LogP contribution in [0, 0.1) is 0 Å². The lowest BCUT2D eigenvalue weighted by Gasteiger charge is -2.34. The molecule has 0 aliphatic heterocycles. The first-order valence-corrected chi connectivity index (χ1v) is 18.7. The van der Waals surface area contributed by atoms with E-state index < -0.39 is 5.41 Å². The van der Waals surface area contributed by atoms with Crippen LogP contribution >= 0.6 is 0 Å². The van der Waals surface area contributed by atoms with Crippen molar-refractivity contribution in [1.29, 1.82) is 0 Å². The van der Waals surface area contributed by atoms with E-state index in [1.807, 2.05) is 0 Å². The van der Waals surface area contributed by atoms with Crippen molar-refractivity contribution in [3.05, 3.63) is 216 Å². The molecule has 0 fully saturated rings. The maximum atomic E-state index is 5.43. The van der Waals surface area contributed by atoms with Crippen LogP contribution in [0.1, 0.15) is 22.3 Å². The minimum Gasteiger partial charge on any atom is -0.294 e. The highest BCUT2D eigenvalue weighted by Crippen LogP contribution is 2.57. The molecule has 2 heterocycles. The average Bonchev–Trinajstić information content (AvgIpc) is 3.86. The van der Waals surface area contributed by atoms with Gasteiger partial charge in [-0.25, -0.2) is 4.98 Å². The summed E-state index contributed by atoms with van der Waals surface area (Å²) in [5.74, 6) is 0.941. The first-order chi connectivity index (χ1) is 26.8. The summed E-state index contributed by atoms with van der Waals surface area (Å²) in [4.78, 5) is 5.43. The topological polar surface area (TPSA) is 17.8 Å². The van der Waals surface area contributed by atoms with Crippen LogP contribution < -0.4 is 0 Å². The number of rotatable bonds is 4. The second-order valence-electron chi connectivity index (χ2n) is 14.7. The van der Waals surface area contributed by atoms with E-state index in [0.29, 0.717) is 0 Å². The molecule has 0 saturated carbocycles. The zero-order chi connectivity index (χ0) is 35.4. The van der Waals surface area contributed by atoms with E-state index in [1.165, 1.54) is 82.7 Å². The summed E-state index contributed by atoms with van der Waals surface area (Å²) < 4.78 is 2.35. The standard InChI is InChI=1S/C52H32N2/c1-3-15-36(16-4-1)52(37-17-5-2-6-18-37)45-24-11-9-20-39(45)40-28-26-34(31-46(40)52)33-27-29-48-44(30-33)41-21-10-12-25-47(41)54(48)49-32-35-14-13-23-42-38-19-7-8-22-43(38)51(53-49)50(35)42/h1-32H. The molecule has 2 aromatic heterocycles. The summed E-state index contributed by atoms with van der Waals surface area (Å²) >= 11 is 0. The van der Waals surface area contributed by atoms with Crippen molar-refractivity contribution in [2.45, 2.75) is 5.41 Å². The number of fused-ring (bicyclic) bond motifs is 9. The average molecular weight is 685 g/mol. The van der Waals surface area contributed by atoms with Gasteiger partial charge in [-0.2, -0.15) is 0 Å². The Morgan fingerprint density at radius 2 is 1.00 bits per heavy atom. The second-order valence-corrected chi connectivity index (χ2v) is 14.7. The van der Waals surface area contributed by atoms with Crippen LogP contribution in [0.3, 0.4) is 0 Å². The summed E-state index contributed by atoms with van der Waals surface area (Å²) in [6.07, 6.45) is 0. The van der Waals surface area contributed by atoms with E-state index in [0.717, 1.165) is 22.5 Å². The molecule has 8 aromatic carbocycles. The molecule has 0 N–H and O–H groups in total. The Labute approximate surface area is 313 Å². The molecule has 250 valence electrons. The van der Waals surface area contributed by atoms with Gasteiger partial charge in [0.25, 0.3) is 0 Å². The van der Waals surface area contributed by atoms with Crippen molar-refractivity contribution in [3.8, 4) is 50.5 Å². The predicted molar refractivity (Wildman–Crippen MR) is 223 cm³/mol. The summed E-state index contributed by atoms with van der Waals surface area (Å²) in [6.45, 7) is 0. The van der Waals surface area contributed by atoms with Gasteiger partial charge in [0.15, 0.2) is 0 Å². The zero-order valence-electron chi connectivity index (χ0n) is 29.4. The molecule has 0 bridgehead atoms. The molecule has 2 nitrogen and oxygen atoms in total. The highest BCUT2D eigenvalue weighted by Gasteiger charge is 2.46. The summed E-state index contributed by atoms with van der Waals surface area (Å²) in [5, 5.41) is 4.90. The van der Waals surface area contributed by atoms with Gasteiger partial charge >= 0.3 is 0 Å². The van der Waals surface area contributed by atoms with Gasteiger partial charge in [0.05, 0.1) is 22.1 Å². The lowest BCUT2D eigenvalue weighted by atomic mass is 9.67. The van der Waals surface area contributed by atoms with Crippen molar-refractivity contribution < 1.29 is 0 Å². The van der Waals surface area contributed by atoms with E-state index in [1.54, 1.807) is 0 Å². The molecule has 2 aliphatic rings. The third kappa shape index (κ3) is 3.87. The maximum Gasteiger partial charge on any atom is 0.138 e. The fourth-order valence-electron chi connectivity index (χ4n) is 9.78. The molecular weight excluding hydrogens is 653 g/mol. The molecule has 0 spiro atoms. The van der Waals surface area contributed by atoms with Crippen molar-refractivity contribution >= 4 is 32.6 Å². The van der Waals surface area contributed by atoms with Crippen molar-refractivity contribution in [1.82, 2.24) is 9.55 Å². The normalized spacial score (nSPS) is 13.3. The fourth-order valence-corrected chi connectivity index (χ4v) is 9.78. The number of pyridine rings is 1. The largest absolute Gasteiger partial charge is 0.294 e. The van der Waals surface area contributed by atoms with Gasteiger partial charge in [0.1, 0.15) is 5.82 Å². The quantitative estimate of drug-likeness (QED) is 0.180. The van der Waals surface area contributed by atoms with Gasteiger partial charge in [-0.3, -0.25) is 4.57 Å². The Morgan fingerprint density at radius 1 is 0.389 bits per heavy atom. The molecule has 10 aromatic rings. The molecule has 0 amide bonds. The Balaban J connectivity index is 1.08. The molecule has 2 aliphatic carbocycles. The van der Waals surface area contributed by atoms with Crippen LogP contribution in [0.5, 0.6) is 0 Å². The van der Waals surface area contributed by atoms with Gasteiger partial charge in [0.2, 0.25) is 0 Å². The molecule has 0 unspecified atom stereocenters. The molecule has 0 radical (unpaired) electrons. The number of benzene rings is 8. The summed E-state index contributed by atoms with van der Waals surface area (Å²) in [7, 11) is 0. The first kappa shape index (κ1) is 29.5. The highest BCUT2D eigenvalue weighted by molar-refractivity contribution is 6.15. The lowest BCUT2D eigenvalue weighted by molar-refractivity contribution is 0.769. The zero-order valence-corrected chi connectivity index (χ0v) is 29.4. The third-order valence-corrected chi connectivity index (χ3v) is 12.0. The maximum absolute atomic E-state index is 5.43. The van der Waals surface area contributed by atoms with Crippen LogP contribution in [-0.4, -0.2) is 9.55 Å². The summed E-state index contributed by atoms with van der Waals surface area (Å²) in [6, 6.07) is 71.4. The van der Waals surface area contributed by atoms with Crippen molar-refractivity contribution in [2.24, 2.45) is 0 Å². The van der Waals surface area contributed by atoms with Gasteiger partial charge in [-0.05, 0) is 91.4 Å². The molecule has 2 heteroatoms. The summed E-state index contributed by atoms with van der Waals surface area (Å²) in [5.41, 5.74) is 16.9. The Hall–Kier alpha value is -7.03. The SMILES string of the molecule is c1ccc(C2(c3ccccc3)c3ccccc3-c3ccc(-c4ccc5c(c4)c4ccccc4n5-c4cc5cccc6c5c(n4)-c4ccccc4-6)cc32)cc1. The number of aromatic nitrogens is 2. The molecule has 0 saturated heterocycles. The molecule has 54 heavy (non-hydrogen) atoms. The second kappa shape index (κ2) is 11.0. The van der Waals surface area contributed by atoms with Gasteiger partial charge in [0, 0.05) is 21.7 Å². The smallest absolute Gasteiger partial charge is 0.138 e. The first-order valence-electron chi connectivity index (χ1n) is 18.7. The number of nitrogens with zero attached hydrogens (tertiary/aromatic N) is 2. The molecular formula is C52H32N2. The van der Waals surface area contributed by atoms with Gasteiger partial charge in [-0.1, -0.05) is 164 Å². The Kier molecular flexibility index (Phi) is 6.01. The van der Waals surface area contributed by atoms with Crippen molar-refractivity contribution in [2.75, 3.05) is 0 Å². The van der Waals surface area contributed by atoms with Gasteiger partial charge < -0.3 is 0 Å².